The van der Waals surface area contributed by atoms with Crippen LogP contribution in [-0.2, 0) is 9.47 Å². The summed E-state index contributed by atoms with van der Waals surface area (Å²) in [6.45, 7) is 3.11. The van der Waals surface area contributed by atoms with Gasteiger partial charge in [-0.25, -0.2) is 9.43 Å². The van der Waals surface area contributed by atoms with Crippen LogP contribution in [0.4, 0.5) is 5.82 Å². The van der Waals surface area contributed by atoms with Crippen molar-refractivity contribution in [2.24, 2.45) is 4.74 Å². The second-order valence-electron chi connectivity index (χ2n) is 8.89. The van der Waals surface area contributed by atoms with Gasteiger partial charge in [0.2, 0.25) is 0 Å². The first-order valence-corrected chi connectivity index (χ1v) is 14.2. The van der Waals surface area contributed by atoms with Crippen molar-refractivity contribution in [1.82, 2.24) is 9.78 Å². The number of aromatic nitrogens is 2. The summed E-state index contributed by atoms with van der Waals surface area (Å²) in [5.74, 6) is 0.764. The van der Waals surface area contributed by atoms with E-state index in [1.807, 2.05) is 29.8 Å². The first-order chi connectivity index (χ1) is 18.3. The minimum atomic E-state index is -2.52. The molecular weight excluding hydrogens is 477 g/mol. The van der Waals surface area contributed by atoms with E-state index in [1.54, 1.807) is 0 Å². The first-order valence-electron chi connectivity index (χ1n) is 12.4. The summed E-state index contributed by atoms with van der Waals surface area (Å²) >= 11 is 0. The Morgan fingerprint density at radius 3 is 1.57 bits per heavy atom. The molecule has 0 spiro atoms. The Balaban J connectivity index is 1.76. The Morgan fingerprint density at radius 2 is 1.11 bits per heavy atom. The van der Waals surface area contributed by atoms with Crippen molar-refractivity contribution in [3.05, 3.63) is 133 Å². The van der Waals surface area contributed by atoms with Crippen LogP contribution in [0.25, 0.3) is 5.69 Å². The smallest absolute Gasteiger partial charge is 0.189 e. The van der Waals surface area contributed by atoms with Crippen LogP contribution in [0.3, 0.4) is 0 Å². The molecule has 0 atom stereocenters. The third-order valence-electron chi connectivity index (χ3n) is 6.57. The minimum absolute atomic E-state index is 0.500. The van der Waals surface area contributed by atoms with E-state index in [1.165, 1.54) is 15.9 Å². The van der Waals surface area contributed by atoms with Gasteiger partial charge in [0, 0.05) is 15.9 Å². The molecule has 2 heterocycles. The topological polar surface area (TPSA) is 48.6 Å². The molecule has 0 bridgehead atoms. The molecule has 1 saturated heterocycles. The molecule has 0 N–H and O–H groups in total. The van der Waals surface area contributed by atoms with Crippen LogP contribution < -0.4 is 15.9 Å². The molecule has 5 nitrogen and oxygen atoms in total. The SMILES string of the molecule is Cc1nn(-c2ccccc2)c(N=P(c2ccccc2)(c2ccccc2)c2ccccc2)c1C1OCCO1. The highest BCUT2D eigenvalue weighted by molar-refractivity contribution is 7.87. The molecule has 0 radical (unpaired) electrons. The minimum Gasteiger partial charge on any atom is -0.346 e. The number of hydrogen-bond acceptors (Lipinski definition) is 4. The van der Waals surface area contributed by atoms with E-state index in [0.717, 1.165) is 22.8 Å². The fourth-order valence-electron chi connectivity index (χ4n) is 4.87. The van der Waals surface area contributed by atoms with Crippen LogP contribution in [0.1, 0.15) is 17.5 Å². The van der Waals surface area contributed by atoms with Crippen LogP contribution in [0.5, 0.6) is 0 Å². The number of para-hydroxylation sites is 1. The molecule has 1 fully saturated rings. The molecule has 0 unspecified atom stereocenters. The highest BCUT2D eigenvalue weighted by Gasteiger charge is 2.33. The van der Waals surface area contributed by atoms with Gasteiger partial charge in [-0.05, 0) is 19.1 Å². The molecule has 184 valence electrons. The van der Waals surface area contributed by atoms with Crippen LogP contribution in [0, 0.1) is 6.92 Å². The Bertz CT molecular complexity index is 1430. The summed E-state index contributed by atoms with van der Waals surface area (Å²) in [5.41, 5.74) is 2.68. The van der Waals surface area contributed by atoms with Gasteiger partial charge in [-0.1, -0.05) is 109 Å². The second-order valence-corrected chi connectivity index (χ2v) is 11.9. The van der Waals surface area contributed by atoms with Crippen molar-refractivity contribution >= 4 is 28.8 Å². The summed E-state index contributed by atoms with van der Waals surface area (Å²) in [6, 6.07) is 42.0. The zero-order valence-electron chi connectivity index (χ0n) is 20.6. The molecular formula is C31H28N3O2P. The largest absolute Gasteiger partial charge is 0.346 e. The maximum atomic E-state index is 6.02. The third-order valence-corrected chi connectivity index (χ3v) is 10.2. The molecule has 0 aliphatic carbocycles. The third kappa shape index (κ3) is 4.36. The fourth-order valence-corrected chi connectivity index (χ4v) is 8.40. The normalized spacial score (nSPS) is 14.1. The summed E-state index contributed by atoms with van der Waals surface area (Å²) in [6.07, 6.45) is -0.500. The second kappa shape index (κ2) is 10.3. The van der Waals surface area contributed by atoms with Gasteiger partial charge in [-0.2, -0.15) is 5.10 Å². The van der Waals surface area contributed by atoms with Gasteiger partial charge >= 0.3 is 0 Å². The van der Waals surface area contributed by atoms with Crippen molar-refractivity contribution in [2.75, 3.05) is 13.2 Å². The van der Waals surface area contributed by atoms with Crippen molar-refractivity contribution in [2.45, 2.75) is 13.2 Å². The molecule has 6 rings (SSSR count). The summed E-state index contributed by atoms with van der Waals surface area (Å²) in [5, 5.41) is 8.49. The number of ether oxygens (including phenoxy) is 2. The maximum absolute atomic E-state index is 6.02. The molecule has 5 aromatic rings. The van der Waals surface area contributed by atoms with E-state index in [4.69, 9.17) is 19.3 Å². The van der Waals surface area contributed by atoms with Gasteiger partial charge in [0.1, 0.15) is 0 Å². The van der Waals surface area contributed by atoms with Crippen molar-refractivity contribution in [3.8, 4) is 5.69 Å². The number of benzene rings is 4. The Hall–Kier alpha value is -3.76. The molecule has 0 amide bonds. The lowest BCUT2D eigenvalue weighted by atomic mass is 10.2. The number of hydrogen-bond donors (Lipinski definition) is 0. The summed E-state index contributed by atoms with van der Waals surface area (Å²) in [7, 11) is -2.52. The zero-order valence-corrected chi connectivity index (χ0v) is 21.5. The van der Waals surface area contributed by atoms with E-state index in [2.05, 4.69) is 103 Å². The van der Waals surface area contributed by atoms with Crippen molar-refractivity contribution < 1.29 is 9.47 Å². The maximum Gasteiger partial charge on any atom is 0.189 e. The predicted octanol–water partition coefficient (Wildman–Crippen LogP) is 6.04. The summed E-state index contributed by atoms with van der Waals surface area (Å²) in [4.78, 5) is 0. The lowest BCUT2D eigenvalue weighted by Gasteiger charge is -2.27. The quantitative estimate of drug-likeness (QED) is 0.265. The van der Waals surface area contributed by atoms with E-state index in [9.17, 15) is 0 Å². The molecule has 4 aromatic carbocycles. The molecule has 37 heavy (non-hydrogen) atoms. The molecule has 1 aliphatic heterocycles. The molecule has 1 aliphatic rings. The number of aryl methyl sites for hydroxylation is 1. The van der Waals surface area contributed by atoms with Crippen LogP contribution in [-0.4, -0.2) is 23.0 Å². The molecule has 6 heteroatoms. The van der Waals surface area contributed by atoms with Crippen LogP contribution >= 0.6 is 7.05 Å². The van der Waals surface area contributed by atoms with Gasteiger partial charge in [-0.15, -0.1) is 0 Å². The average Bonchev–Trinajstić information content (AvgIpc) is 3.61. The standard InChI is InChI=1S/C31H28N3O2P/c1-24-29(31-35-22-23-36-31)30(34(32-24)25-14-6-2-7-15-25)33-37(26-16-8-3-9-17-26,27-18-10-4-11-19-27)28-20-12-5-13-21-28/h2-21,31H,22-23H2,1H3. The summed E-state index contributed by atoms with van der Waals surface area (Å²) < 4.78 is 19.8. The predicted molar refractivity (Wildman–Crippen MR) is 150 cm³/mol. The Labute approximate surface area is 217 Å². The zero-order chi connectivity index (χ0) is 25.1. The number of nitrogens with zero attached hydrogens (tertiary/aromatic N) is 3. The molecule has 0 saturated carbocycles. The van der Waals surface area contributed by atoms with Gasteiger partial charge in [0.15, 0.2) is 12.1 Å². The average molecular weight is 506 g/mol. The van der Waals surface area contributed by atoms with Gasteiger partial charge in [0.05, 0.1) is 37.2 Å². The van der Waals surface area contributed by atoms with E-state index < -0.39 is 13.3 Å². The van der Waals surface area contributed by atoms with Gasteiger partial charge < -0.3 is 9.47 Å². The lowest BCUT2D eigenvalue weighted by Crippen LogP contribution is -2.25. The van der Waals surface area contributed by atoms with Gasteiger partial charge in [0.25, 0.3) is 0 Å². The van der Waals surface area contributed by atoms with E-state index in [0.29, 0.717) is 13.2 Å². The van der Waals surface area contributed by atoms with Gasteiger partial charge in [-0.3, -0.25) is 0 Å². The van der Waals surface area contributed by atoms with E-state index >= 15 is 0 Å². The van der Waals surface area contributed by atoms with Crippen LogP contribution in [0.15, 0.2) is 126 Å². The highest BCUT2D eigenvalue weighted by Crippen LogP contribution is 2.51. The monoisotopic (exact) mass is 505 g/mol. The first kappa shape index (κ1) is 23.6. The Kier molecular flexibility index (Phi) is 6.58. The van der Waals surface area contributed by atoms with Crippen LogP contribution in [0.2, 0.25) is 0 Å². The lowest BCUT2D eigenvalue weighted by molar-refractivity contribution is -0.0440. The number of rotatable bonds is 6. The van der Waals surface area contributed by atoms with Crippen molar-refractivity contribution in [3.63, 3.8) is 0 Å². The fraction of sp³-hybridized carbons (Fsp3) is 0.129. The molecule has 1 aromatic heterocycles. The Morgan fingerprint density at radius 1 is 0.676 bits per heavy atom. The van der Waals surface area contributed by atoms with Crippen molar-refractivity contribution in [1.29, 1.82) is 0 Å². The van der Waals surface area contributed by atoms with E-state index in [-0.39, 0.29) is 0 Å². The highest BCUT2D eigenvalue weighted by atomic mass is 31.2.